The molecule has 1 aliphatic rings. The maximum atomic E-state index is 2.40. The van der Waals surface area contributed by atoms with Crippen molar-refractivity contribution in [2.75, 3.05) is 26.2 Å². The Morgan fingerprint density at radius 2 is 1.21 bits per heavy atom. The zero-order valence-electron chi connectivity index (χ0n) is 13.4. The smallest absolute Gasteiger partial charge is 0.0786 e. The molecule has 19 heavy (non-hydrogen) atoms. The second-order valence-corrected chi connectivity index (χ2v) is 6.36. The molecule has 0 bridgehead atoms. The van der Waals surface area contributed by atoms with E-state index in [1.165, 1.54) is 101 Å². The molecule has 0 aromatic rings. The molecule has 0 amide bonds. The predicted octanol–water partition coefficient (Wildman–Crippen LogP) is 2.15. The summed E-state index contributed by atoms with van der Waals surface area (Å²) in [4.78, 5) is 0. The third kappa shape index (κ3) is 8.19. The Morgan fingerprint density at radius 3 is 1.74 bits per heavy atom. The van der Waals surface area contributed by atoms with E-state index in [2.05, 4.69) is 13.8 Å². The Morgan fingerprint density at radius 1 is 0.684 bits per heavy atom. The first-order valence-corrected chi connectivity index (χ1v) is 8.68. The van der Waals surface area contributed by atoms with Crippen LogP contribution in [0.1, 0.15) is 84.5 Å². The van der Waals surface area contributed by atoms with E-state index >= 15 is 0 Å². The Bertz CT molecular complexity index is 188. The highest BCUT2D eigenvalue weighted by molar-refractivity contribution is 4.54. The van der Waals surface area contributed by atoms with E-state index in [0.717, 1.165) is 0 Å². The van der Waals surface area contributed by atoms with Crippen molar-refractivity contribution < 1.29 is 16.9 Å². The number of nitrogens with zero attached hydrogens (tertiary/aromatic N) is 1. The lowest BCUT2D eigenvalue weighted by molar-refractivity contribution is -0.931. The molecule has 1 nitrogen and oxygen atoms in total. The summed E-state index contributed by atoms with van der Waals surface area (Å²) in [6.07, 6.45) is 16.1. The molecular weight excluding hydrogens is 254 g/mol. The van der Waals surface area contributed by atoms with Gasteiger partial charge in [0.05, 0.1) is 26.2 Å². The fraction of sp³-hybridized carbons (Fsp3) is 1.00. The highest BCUT2D eigenvalue weighted by atomic mass is 35.5. The van der Waals surface area contributed by atoms with Crippen LogP contribution in [0.4, 0.5) is 0 Å². The standard InChI is InChI=1S/C17H36N.ClH/c1-3-5-6-7-8-9-10-12-15-18(4-2)16-13-11-14-17-18;/h3-17H2,1-2H3;1H/q+1;/p-1. The van der Waals surface area contributed by atoms with Crippen molar-refractivity contribution in [3.8, 4) is 0 Å². The molecule has 0 aliphatic carbocycles. The lowest BCUT2D eigenvalue weighted by atomic mass is 10.0. The minimum atomic E-state index is 0. The minimum Gasteiger partial charge on any atom is -1.00 e. The van der Waals surface area contributed by atoms with Crippen LogP contribution in [0, 0.1) is 0 Å². The SMILES string of the molecule is CCCCCCCCCC[N+]1(CC)CCCCC1.[Cl-]. The molecule has 2 heteroatoms. The van der Waals surface area contributed by atoms with Gasteiger partial charge >= 0.3 is 0 Å². The van der Waals surface area contributed by atoms with Crippen molar-refractivity contribution in [1.29, 1.82) is 0 Å². The molecule has 0 unspecified atom stereocenters. The minimum absolute atomic E-state index is 0. The van der Waals surface area contributed by atoms with Crippen molar-refractivity contribution in [3.63, 3.8) is 0 Å². The van der Waals surface area contributed by atoms with Gasteiger partial charge in [-0.2, -0.15) is 0 Å². The van der Waals surface area contributed by atoms with E-state index in [9.17, 15) is 0 Å². The third-order valence-corrected chi connectivity index (χ3v) is 4.92. The number of hydrogen-bond donors (Lipinski definition) is 0. The Kier molecular flexibility index (Phi) is 12.2. The summed E-state index contributed by atoms with van der Waals surface area (Å²) in [6, 6.07) is 0. The quantitative estimate of drug-likeness (QED) is 0.427. The summed E-state index contributed by atoms with van der Waals surface area (Å²) in [5.74, 6) is 0. The number of hydrogen-bond acceptors (Lipinski definition) is 0. The van der Waals surface area contributed by atoms with Gasteiger partial charge in [-0.3, -0.25) is 0 Å². The van der Waals surface area contributed by atoms with Crippen LogP contribution in [0.25, 0.3) is 0 Å². The van der Waals surface area contributed by atoms with Gasteiger partial charge in [-0.1, -0.05) is 45.4 Å². The number of piperidine rings is 1. The van der Waals surface area contributed by atoms with Crippen molar-refractivity contribution in [3.05, 3.63) is 0 Å². The number of rotatable bonds is 10. The predicted molar refractivity (Wildman–Crippen MR) is 81.9 cm³/mol. The van der Waals surface area contributed by atoms with Crippen LogP contribution < -0.4 is 12.4 Å². The summed E-state index contributed by atoms with van der Waals surface area (Å²) < 4.78 is 1.44. The number of quaternary nitrogens is 1. The third-order valence-electron chi connectivity index (χ3n) is 4.92. The highest BCUT2D eigenvalue weighted by Gasteiger charge is 2.26. The Labute approximate surface area is 128 Å². The first-order valence-electron chi connectivity index (χ1n) is 8.68. The van der Waals surface area contributed by atoms with Crippen LogP contribution in [0.3, 0.4) is 0 Å². The van der Waals surface area contributed by atoms with Gasteiger partial charge in [0.1, 0.15) is 0 Å². The maximum Gasteiger partial charge on any atom is 0.0786 e. The summed E-state index contributed by atoms with van der Waals surface area (Å²) in [5, 5.41) is 0. The second kappa shape index (κ2) is 12.0. The van der Waals surface area contributed by atoms with Crippen LogP contribution in [0.5, 0.6) is 0 Å². The maximum absolute atomic E-state index is 2.40. The normalized spacial score (nSPS) is 18.0. The summed E-state index contributed by atoms with van der Waals surface area (Å²) in [6.45, 7) is 10.5. The van der Waals surface area contributed by atoms with Crippen molar-refractivity contribution in [2.45, 2.75) is 84.5 Å². The van der Waals surface area contributed by atoms with Gasteiger partial charge in [0, 0.05) is 0 Å². The van der Waals surface area contributed by atoms with E-state index in [1.54, 1.807) is 0 Å². The van der Waals surface area contributed by atoms with Gasteiger partial charge in [-0.25, -0.2) is 0 Å². The molecule has 0 aromatic heterocycles. The largest absolute Gasteiger partial charge is 1.00 e. The van der Waals surface area contributed by atoms with E-state index in [1.807, 2.05) is 0 Å². The first kappa shape index (κ1) is 19.2. The number of unbranched alkanes of at least 4 members (excludes halogenated alkanes) is 7. The van der Waals surface area contributed by atoms with Crippen LogP contribution in [0.15, 0.2) is 0 Å². The average Bonchev–Trinajstić information content (AvgIpc) is 2.43. The molecule has 1 saturated heterocycles. The second-order valence-electron chi connectivity index (χ2n) is 6.36. The molecule has 0 aromatic carbocycles. The van der Waals surface area contributed by atoms with Gasteiger partial charge in [0.2, 0.25) is 0 Å². The highest BCUT2D eigenvalue weighted by Crippen LogP contribution is 2.20. The molecule has 1 rings (SSSR count). The van der Waals surface area contributed by atoms with Crippen LogP contribution in [0.2, 0.25) is 0 Å². The summed E-state index contributed by atoms with van der Waals surface area (Å²) in [7, 11) is 0. The average molecular weight is 290 g/mol. The fourth-order valence-electron chi connectivity index (χ4n) is 3.46. The summed E-state index contributed by atoms with van der Waals surface area (Å²) in [5.41, 5.74) is 0. The molecule has 1 aliphatic heterocycles. The van der Waals surface area contributed by atoms with E-state index in [-0.39, 0.29) is 12.4 Å². The van der Waals surface area contributed by atoms with Crippen molar-refractivity contribution >= 4 is 0 Å². The zero-order chi connectivity index (χ0) is 13.1. The van der Waals surface area contributed by atoms with E-state index < -0.39 is 0 Å². The van der Waals surface area contributed by atoms with E-state index in [0.29, 0.717) is 0 Å². The van der Waals surface area contributed by atoms with Crippen molar-refractivity contribution in [1.82, 2.24) is 0 Å². The van der Waals surface area contributed by atoms with Crippen LogP contribution in [-0.2, 0) is 0 Å². The lowest BCUT2D eigenvalue weighted by Crippen LogP contribution is -3.00. The molecular formula is C17H36ClN. The molecule has 0 atom stereocenters. The van der Waals surface area contributed by atoms with Crippen molar-refractivity contribution in [2.24, 2.45) is 0 Å². The molecule has 0 N–H and O–H groups in total. The van der Waals surface area contributed by atoms with Gasteiger partial charge < -0.3 is 16.9 Å². The summed E-state index contributed by atoms with van der Waals surface area (Å²) >= 11 is 0. The Hall–Kier alpha value is 0.250. The first-order chi connectivity index (χ1) is 8.83. The van der Waals surface area contributed by atoms with Gasteiger partial charge in [-0.05, 0) is 39.0 Å². The lowest BCUT2D eigenvalue weighted by Gasteiger charge is -2.41. The van der Waals surface area contributed by atoms with Crippen LogP contribution >= 0.6 is 0 Å². The monoisotopic (exact) mass is 289 g/mol. The molecule has 116 valence electrons. The molecule has 0 spiro atoms. The van der Waals surface area contributed by atoms with Crippen LogP contribution in [-0.4, -0.2) is 30.7 Å². The van der Waals surface area contributed by atoms with Gasteiger partial charge in [-0.15, -0.1) is 0 Å². The topological polar surface area (TPSA) is 0 Å². The molecule has 0 radical (unpaired) electrons. The number of likely N-dealkylation sites (tertiary alicyclic amines) is 1. The number of halogens is 1. The van der Waals surface area contributed by atoms with Gasteiger partial charge in [0.25, 0.3) is 0 Å². The van der Waals surface area contributed by atoms with E-state index in [4.69, 9.17) is 0 Å². The zero-order valence-corrected chi connectivity index (χ0v) is 14.2. The molecule has 1 heterocycles. The molecule has 0 saturated carbocycles. The Balaban J connectivity index is 0.00000324. The molecule has 1 fully saturated rings. The fourth-order valence-corrected chi connectivity index (χ4v) is 3.46. The van der Waals surface area contributed by atoms with Gasteiger partial charge in [0.15, 0.2) is 0 Å².